The van der Waals surface area contributed by atoms with Crippen LogP contribution >= 0.6 is 23.4 Å². The van der Waals surface area contributed by atoms with Crippen LogP contribution in [0.4, 0.5) is 4.79 Å². The number of nitrogens with zero attached hydrogens (tertiary/aromatic N) is 3. The second kappa shape index (κ2) is 10.5. The molecule has 3 heterocycles. The minimum absolute atomic E-state index is 0.115. The number of aryl methyl sites for hydroxylation is 1. The third kappa shape index (κ3) is 4.82. The summed E-state index contributed by atoms with van der Waals surface area (Å²) in [4.78, 5) is 42.5. The quantitative estimate of drug-likeness (QED) is 0.367. The zero-order chi connectivity index (χ0) is 25.2. The summed E-state index contributed by atoms with van der Waals surface area (Å²) in [5.41, 5.74) is 3.70. The molecule has 0 atom stereocenters. The van der Waals surface area contributed by atoms with Gasteiger partial charge in [0.1, 0.15) is 6.54 Å². The minimum atomic E-state index is -0.332. The molecular weight excluding hydrogens is 494 g/mol. The molecule has 3 aromatic rings. The van der Waals surface area contributed by atoms with Crippen molar-refractivity contribution < 1.29 is 14.4 Å². The van der Waals surface area contributed by atoms with Crippen molar-refractivity contribution in [2.45, 2.75) is 45.7 Å². The van der Waals surface area contributed by atoms with Crippen LogP contribution in [0, 0.1) is 0 Å². The van der Waals surface area contributed by atoms with Crippen molar-refractivity contribution in [3.63, 3.8) is 0 Å². The number of imide groups is 1. The lowest BCUT2D eigenvalue weighted by Crippen LogP contribution is -2.37. The van der Waals surface area contributed by atoms with Crippen LogP contribution in [0.2, 0.25) is 5.02 Å². The first kappa shape index (κ1) is 24.7. The Bertz CT molecular complexity index is 1370. The number of benzene rings is 2. The van der Waals surface area contributed by atoms with Gasteiger partial charge in [-0.05, 0) is 60.7 Å². The van der Waals surface area contributed by atoms with Gasteiger partial charge in [0.05, 0.1) is 17.0 Å². The molecule has 0 saturated carbocycles. The molecule has 3 amide bonds. The molecule has 1 aromatic heterocycles. The Kier molecular flexibility index (Phi) is 7.21. The standard InChI is InChI=1S/C28H28ClN3O3S/c1-2-19-10-8-11-22-21(16-31(26(19)22)18-25(33)30-13-6-3-7-14-30)15-24-27(34)32(28(35)36-24)17-20-9-4-5-12-23(20)29/h4-5,8-12,15-16H,2-3,6-7,13-14,17-18H2,1H3/b24-15-. The van der Waals surface area contributed by atoms with Gasteiger partial charge >= 0.3 is 0 Å². The zero-order valence-electron chi connectivity index (χ0n) is 20.2. The van der Waals surface area contributed by atoms with Crippen molar-refractivity contribution in [2.24, 2.45) is 0 Å². The molecule has 2 saturated heterocycles. The highest BCUT2D eigenvalue weighted by Gasteiger charge is 2.35. The summed E-state index contributed by atoms with van der Waals surface area (Å²) in [6.07, 6.45) is 7.81. The van der Waals surface area contributed by atoms with Gasteiger partial charge in [-0.1, -0.05) is 54.9 Å². The summed E-state index contributed by atoms with van der Waals surface area (Å²) in [7, 11) is 0. The number of halogens is 1. The van der Waals surface area contributed by atoms with Crippen LogP contribution in [-0.2, 0) is 29.1 Å². The van der Waals surface area contributed by atoms with Gasteiger partial charge in [0.25, 0.3) is 11.1 Å². The molecule has 8 heteroatoms. The van der Waals surface area contributed by atoms with Gasteiger partial charge < -0.3 is 9.47 Å². The van der Waals surface area contributed by atoms with Crippen molar-refractivity contribution in [1.82, 2.24) is 14.4 Å². The third-order valence-electron chi connectivity index (χ3n) is 6.85. The lowest BCUT2D eigenvalue weighted by Gasteiger charge is -2.27. The summed E-state index contributed by atoms with van der Waals surface area (Å²) in [6.45, 7) is 4.11. The molecule has 2 aliphatic heterocycles. The molecule has 0 spiro atoms. The van der Waals surface area contributed by atoms with Crippen molar-refractivity contribution >= 4 is 57.4 Å². The third-order valence-corrected chi connectivity index (χ3v) is 8.13. The second-order valence-corrected chi connectivity index (χ2v) is 10.6. The highest BCUT2D eigenvalue weighted by molar-refractivity contribution is 8.18. The smallest absolute Gasteiger partial charge is 0.293 e. The van der Waals surface area contributed by atoms with Crippen molar-refractivity contribution in [3.8, 4) is 0 Å². The molecule has 2 fully saturated rings. The topological polar surface area (TPSA) is 62.6 Å². The number of amides is 3. The van der Waals surface area contributed by atoms with Crippen LogP contribution in [0.3, 0.4) is 0 Å². The van der Waals surface area contributed by atoms with Crippen molar-refractivity contribution in [3.05, 3.63) is 75.3 Å². The number of likely N-dealkylation sites (tertiary alicyclic amines) is 1. The predicted molar refractivity (Wildman–Crippen MR) is 145 cm³/mol. The molecule has 2 aromatic carbocycles. The normalized spacial score (nSPS) is 17.6. The first-order valence-corrected chi connectivity index (χ1v) is 13.5. The van der Waals surface area contributed by atoms with E-state index in [0.29, 0.717) is 9.93 Å². The van der Waals surface area contributed by atoms with Crippen molar-refractivity contribution in [1.29, 1.82) is 0 Å². The van der Waals surface area contributed by atoms with Gasteiger partial charge in [0, 0.05) is 35.3 Å². The van der Waals surface area contributed by atoms with E-state index in [1.807, 2.05) is 46.0 Å². The molecule has 0 radical (unpaired) electrons. The number of piperidine rings is 1. The van der Waals surface area contributed by atoms with Crippen LogP contribution in [0.15, 0.2) is 53.6 Å². The number of fused-ring (bicyclic) bond motifs is 1. The van der Waals surface area contributed by atoms with Crippen LogP contribution in [-0.4, -0.2) is 44.5 Å². The first-order valence-electron chi connectivity index (χ1n) is 12.3. The molecule has 0 bridgehead atoms. The molecule has 186 valence electrons. The summed E-state index contributed by atoms with van der Waals surface area (Å²) in [5.74, 6) is -0.217. The predicted octanol–water partition coefficient (Wildman–Crippen LogP) is 6.11. The number of carbonyl (C=O) groups is 3. The largest absolute Gasteiger partial charge is 0.341 e. The molecule has 0 aliphatic carbocycles. The molecule has 5 rings (SSSR count). The summed E-state index contributed by atoms with van der Waals surface area (Å²) in [5, 5.41) is 1.18. The average molecular weight is 522 g/mol. The highest BCUT2D eigenvalue weighted by atomic mass is 35.5. The van der Waals surface area contributed by atoms with Gasteiger partial charge in [-0.15, -0.1) is 0 Å². The van der Waals surface area contributed by atoms with E-state index in [9.17, 15) is 14.4 Å². The molecule has 0 unspecified atom stereocenters. The van der Waals surface area contributed by atoms with E-state index in [2.05, 4.69) is 13.0 Å². The fourth-order valence-corrected chi connectivity index (χ4v) is 5.98. The minimum Gasteiger partial charge on any atom is -0.341 e. The Labute approximate surface area is 219 Å². The first-order chi connectivity index (χ1) is 17.5. The monoisotopic (exact) mass is 521 g/mol. The summed E-state index contributed by atoms with van der Waals surface area (Å²) in [6, 6.07) is 13.3. The zero-order valence-corrected chi connectivity index (χ0v) is 21.8. The Morgan fingerprint density at radius 1 is 1.03 bits per heavy atom. The molecule has 6 nitrogen and oxygen atoms in total. The number of hydrogen-bond donors (Lipinski definition) is 0. The molecule has 36 heavy (non-hydrogen) atoms. The fraction of sp³-hybridized carbons (Fsp3) is 0.321. The van der Waals surface area contributed by atoms with Gasteiger partial charge in [0.15, 0.2) is 0 Å². The van der Waals surface area contributed by atoms with Crippen LogP contribution < -0.4 is 0 Å². The maximum atomic E-state index is 13.2. The van der Waals surface area contributed by atoms with Gasteiger partial charge in [-0.2, -0.15) is 0 Å². The summed E-state index contributed by atoms with van der Waals surface area (Å²) < 4.78 is 2.00. The van der Waals surface area contributed by atoms with Crippen molar-refractivity contribution in [2.75, 3.05) is 13.1 Å². The fourth-order valence-electron chi connectivity index (χ4n) is 4.95. The van der Waals surface area contributed by atoms with E-state index >= 15 is 0 Å². The maximum Gasteiger partial charge on any atom is 0.293 e. The SMILES string of the molecule is CCc1cccc2c(/C=C3\SC(=O)N(Cc4ccccc4Cl)C3=O)cn(CC(=O)N3CCCCC3)c12. The number of carbonyl (C=O) groups excluding carboxylic acids is 3. The lowest BCUT2D eigenvalue weighted by molar-refractivity contribution is -0.132. The highest BCUT2D eigenvalue weighted by Crippen LogP contribution is 2.36. The van der Waals surface area contributed by atoms with Gasteiger partial charge in [-0.25, -0.2) is 0 Å². The Hall–Kier alpha value is -3.03. The van der Waals surface area contributed by atoms with Gasteiger partial charge in [-0.3, -0.25) is 19.3 Å². The molecular formula is C28H28ClN3O3S. The average Bonchev–Trinajstić information content (AvgIpc) is 3.37. The van der Waals surface area contributed by atoms with E-state index < -0.39 is 0 Å². The Balaban J connectivity index is 1.47. The number of aromatic nitrogens is 1. The Morgan fingerprint density at radius 3 is 2.53 bits per heavy atom. The Morgan fingerprint density at radius 2 is 1.78 bits per heavy atom. The van der Waals surface area contributed by atoms with Crippen LogP contribution in [0.25, 0.3) is 17.0 Å². The molecule has 2 aliphatic rings. The number of para-hydroxylation sites is 1. The lowest BCUT2D eigenvalue weighted by atomic mass is 10.1. The molecule has 0 N–H and O–H groups in total. The number of hydrogen-bond acceptors (Lipinski definition) is 4. The number of thioether (sulfide) groups is 1. The number of rotatable bonds is 6. The van der Waals surface area contributed by atoms with E-state index in [-0.39, 0.29) is 30.1 Å². The maximum absolute atomic E-state index is 13.2. The van der Waals surface area contributed by atoms with E-state index in [1.165, 1.54) is 11.3 Å². The second-order valence-electron chi connectivity index (χ2n) is 9.18. The van der Waals surface area contributed by atoms with E-state index in [4.69, 9.17) is 11.6 Å². The summed E-state index contributed by atoms with van der Waals surface area (Å²) >= 11 is 7.19. The van der Waals surface area contributed by atoms with E-state index in [1.54, 1.807) is 12.1 Å². The van der Waals surface area contributed by atoms with Crippen LogP contribution in [0.1, 0.15) is 42.9 Å². The van der Waals surface area contributed by atoms with Crippen LogP contribution in [0.5, 0.6) is 0 Å². The van der Waals surface area contributed by atoms with E-state index in [0.717, 1.165) is 71.7 Å². The van der Waals surface area contributed by atoms with Gasteiger partial charge in [0.2, 0.25) is 5.91 Å².